The Balaban J connectivity index is 2.41. The topological polar surface area (TPSA) is 55.4 Å². The van der Waals surface area contributed by atoms with Crippen LogP contribution in [0.2, 0.25) is 0 Å². The second kappa shape index (κ2) is 3.63. The number of fused-ring (bicyclic) bond motifs is 1. The largest absolute Gasteiger partial charge is 0.490 e. The lowest BCUT2D eigenvalue weighted by atomic mass is 9.94. The minimum Gasteiger partial charge on any atom is -0.490 e. The number of hydrogen-bond donors (Lipinski definition) is 1. The Hall–Kier alpha value is -1.84. The maximum absolute atomic E-state index is 11.8. The number of ether oxygens (including phenoxy) is 1. The van der Waals surface area contributed by atoms with Crippen molar-refractivity contribution < 1.29 is 14.3 Å². The summed E-state index contributed by atoms with van der Waals surface area (Å²) >= 11 is 0. The highest BCUT2D eigenvalue weighted by molar-refractivity contribution is 5.97. The van der Waals surface area contributed by atoms with Crippen LogP contribution in [0.4, 0.5) is 5.69 Å². The van der Waals surface area contributed by atoms with Crippen LogP contribution < -0.4 is 10.1 Å². The lowest BCUT2D eigenvalue weighted by Crippen LogP contribution is -2.33. The van der Waals surface area contributed by atoms with E-state index in [1.54, 1.807) is 18.2 Å². The summed E-state index contributed by atoms with van der Waals surface area (Å²) < 4.78 is 5.53. The zero-order valence-corrected chi connectivity index (χ0v) is 9.24. The molecule has 0 atom stereocenters. The summed E-state index contributed by atoms with van der Waals surface area (Å²) in [6.45, 7) is 3.95. The van der Waals surface area contributed by atoms with Crippen LogP contribution in [0.1, 0.15) is 24.2 Å². The third kappa shape index (κ3) is 1.78. The lowest BCUT2D eigenvalue weighted by molar-refractivity contribution is -0.124. The summed E-state index contributed by atoms with van der Waals surface area (Å²) in [6, 6.07) is 4.97. The number of hydrogen-bond acceptors (Lipinski definition) is 3. The van der Waals surface area contributed by atoms with Gasteiger partial charge in [0.1, 0.15) is 18.6 Å². The first-order chi connectivity index (χ1) is 7.53. The third-order valence-corrected chi connectivity index (χ3v) is 2.59. The summed E-state index contributed by atoms with van der Waals surface area (Å²) in [7, 11) is 0. The molecule has 1 aliphatic rings. The number of rotatable bonds is 1. The van der Waals surface area contributed by atoms with Gasteiger partial charge in [0, 0.05) is 5.56 Å². The van der Waals surface area contributed by atoms with Crippen molar-refractivity contribution in [3.63, 3.8) is 0 Å². The smallest absolute Gasteiger partial charge is 0.233 e. The van der Waals surface area contributed by atoms with Crippen LogP contribution >= 0.6 is 0 Å². The van der Waals surface area contributed by atoms with Crippen LogP contribution in [0.5, 0.6) is 5.75 Å². The molecule has 0 saturated heterocycles. The molecular formula is C12H13NO3. The van der Waals surface area contributed by atoms with Crippen LogP contribution in [0.3, 0.4) is 0 Å². The minimum atomic E-state index is -0.569. The molecule has 0 bridgehead atoms. The minimum absolute atomic E-state index is 0.103. The molecule has 1 heterocycles. The highest BCUT2D eigenvalue weighted by Gasteiger charge is 2.32. The van der Waals surface area contributed by atoms with Gasteiger partial charge in [0.15, 0.2) is 0 Å². The van der Waals surface area contributed by atoms with Crippen molar-refractivity contribution >= 4 is 17.9 Å². The van der Waals surface area contributed by atoms with Gasteiger partial charge < -0.3 is 10.1 Å². The molecule has 1 aromatic carbocycles. The highest BCUT2D eigenvalue weighted by Crippen LogP contribution is 2.32. The molecule has 0 spiro atoms. The van der Waals surface area contributed by atoms with Crippen molar-refractivity contribution in [2.75, 3.05) is 11.9 Å². The van der Waals surface area contributed by atoms with Gasteiger partial charge in [-0.05, 0) is 32.0 Å². The van der Waals surface area contributed by atoms with Crippen molar-refractivity contribution in [3.05, 3.63) is 23.8 Å². The quantitative estimate of drug-likeness (QED) is 0.733. The van der Waals surface area contributed by atoms with Crippen molar-refractivity contribution in [1.82, 2.24) is 0 Å². The number of nitrogens with one attached hydrogen (secondary N) is 1. The summed E-state index contributed by atoms with van der Waals surface area (Å²) in [5, 5.41) is 2.76. The number of benzene rings is 1. The molecule has 1 amide bonds. The van der Waals surface area contributed by atoms with E-state index in [0.29, 0.717) is 23.6 Å². The van der Waals surface area contributed by atoms with Crippen molar-refractivity contribution in [3.8, 4) is 5.75 Å². The first-order valence-corrected chi connectivity index (χ1v) is 5.06. The summed E-state index contributed by atoms with van der Waals surface area (Å²) in [5.74, 6) is 0.499. The molecule has 1 aliphatic heterocycles. The van der Waals surface area contributed by atoms with E-state index in [9.17, 15) is 9.59 Å². The fraction of sp³-hybridized carbons (Fsp3) is 0.333. The van der Waals surface area contributed by atoms with Gasteiger partial charge in [0.05, 0.1) is 11.1 Å². The molecule has 0 aliphatic carbocycles. The number of carbonyl (C=O) groups excluding carboxylic acids is 2. The van der Waals surface area contributed by atoms with E-state index in [0.717, 1.165) is 6.29 Å². The van der Waals surface area contributed by atoms with E-state index in [1.807, 2.05) is 13.8 Å². The van der Waals surface area contributed by atoms with Crippen molar-refractivity contribution in [1.29, 1.82) is 0 Å². The number of amides is 1. The molecule has 84 valence electrons. The number of anilines is 1. The first kappa shape index (κ1) is 10.7. The van der Waals surface area contributed by atoms with Gasteiger partial charge in [0.25, 0.3) is 0 Å². The van der Waals surface area contributed by atoms with Gasteiger partial charge in [-0.25, -0.2) is 0 Å². The van der Waals surface area contributed by atoms with Crippen LogP contribution in [0.15, 0.2) is 18.2 Å². The Morgan fingerprint density at radius 3 is 2.88 bits per heavy atom. The predicted octanol–water partition coefficient (Wildman–Crippen LogP) is 1.86. The summed E-state index contributed by atoms with van der Waals surface area (Å²) in [6.07, 6.45) is 0.739. The van der Waals surface area contributed by atoms with Crippen LogP contribution in [-0.4, -0.2) is 18.8 Å². The van der Waals surface area contributed by atoms with Gasteiger partial charge in [-0.2, -0.15) is 0 Å². The van der Waals surface area contributed by atoms with E-state index in [2.05, 4.69) is 5.32 Å². The molecule has 0 radical (unpaired) electrons. The molecule has 0 fully saturated rings. The monoisotopic (exact) mass is 219 g/mol. The molecule has 1 N–H and O–H groups in total. The fourth-order valence-corrected chi connectivity index (χ4v) is 1.46. The summed E-state index contributed by atoms with van der Waals surface area (Å²) in [4.78, 5) is 22.5. The van der Waals surface area contributed by atoms with Gasteiger partial charge >= 0.3 is 0 Å². The molecule has 0 aromatic heterocycles. The van der Waals surface area contributed by atoms with Gasteiger partial charge in [-0.15, -0.1) is 0 Å². The third-order valence-electron chi connectivity index (χ3n) is 2.59. The average Bonchev–Trinajstić information content (AvgIpc) is 2.36. The average molecular weight is 219 g/mol. The highest BCUT2D eigenvalue weighted by atomic mass is 16.5. The SMILES string of the molecule is CC1(C)COc2ccc(C=O)cc2NC1=O. The fourth-order valence-electron chi connectivity index (χ4n) is 1.46. The molecule has 1 aromatic rings. The Kier molecular flexibility index (Phi) is 2.42. The van der Waals surface area contributed by atoms with E-state index in [1.165, 1.54) is 0 Å². The Bertz CT molecular complexity index is 452. The van der Waals surface area contributed by atoms with E-state index in [-0.39, 0.29) is 5.91 Å². The number of carbonyl (C=O) groups is 2. The molecular weight excluding hydrogens is 206 g/mol. The lowest BCUT2D eigenvalue weighted by Gasteiger charge is -2.18. The zero-order valence-electron chi connectivity index (χ0n) is 9.24. The Labute approximate surface area is 93.6 Å². The van der Waals surface area contributed by atoms with E-state index in [4.69, 9.17) is 4.74 Å². The Morgan fingerprint density at radius 2 is 2.19 bits per heavy atom. The van der Waals surface area contributed by atoms with Crippen molar-refractivity contribution in [2.24, 2.45) is 5.41 Å². The molecule has 4 nitrogen and oxygen atoms in total. The van der Waals surface area contributed by atoms with Crippen LogP contribution in [0, 0.1) is 5.41 Å². The van der Waals surface area contributed by atoms with Crippen LogP contribution in [-0.2, 0) is 4.79 Å². The number of aldehydes is 1. The Morgan fingerprint density at radius 1 is 1.44 bits per heavy atom. The van der Waals surface area contributed by atoms with E-state index >= 15 is 0 Å². The second-order valence-electron chi connectivity index (χ2n) is 4.50. The molecule has 16 heavy (non-hydrogen) atoms. The standard InChI is InChI=1S/C12H13NO3/c1-12(2)7-16-10-4-3-8(6-14)5-9(10)13-11(12)15/h3-6H,7H2,1-2H3,(H,13,15). The predicted molar refractivity (Wildman–Crippen MR) is 59.7 cm³/mol. The first-order valence-electron chi connectivity index (χ1n) is 5.06. The normalized spacial score (nSPS) is 17.8. The van der Waals surface area contributed by atoms with Gasteiger partial charge in [-0.1, -0.05) is 0 Å². The second-order valence-corrected chi connectivity index (χ2v) is 4.50. The maximum Gasteiger partial charge on any atom is 0.233 e. The maximum atomic E-state index is 11.8. The van der Waals surface area contributed by atoms with Crippen LogP contribution in [0.25, 0.3) is 0 Å². The van der Waals surface area contributed by atoms with Gasteiger partial charge in [0.2, 0.25) is 5.91 Å². The molecule has 4 heteroatoms. The summed E-state index contributed by atoms with van der Waals surface area (Å²) in [5.41, 5.74) is 0.503. The molecule has 0 saturated carbocycles. The zero-order chi connectivity index (χ0) is 11.8. The van der Waals surface area contributed by atoms with E-state index < -0.39 is 5.41 Å². The molecule has 2 rings (SSSR count). The van der Waals surface area contributed by atoms with Crippen molar-refractivity contribution in [2.45, 2.75) is 13.8 Å². The molecule has 0 unspecified atom stereocenters. The van der Waals surface area contributed by atoms with Gasteiger partial charge in [-0.3, -0.25) is 9.59 Å².